The summed E-state index contributed by atoms with van der Waals surface area (Å²) in [6.07, 6.45) is 0. The minimum Gasteiger partial charge on any atom is -0.429 e. The van der Waals surface area contributed by atoms with Crippen molar-refractivity contribution in [3.8, 4) is 10.9 Å². The van der Waals surface area contributed by atoms with Gasteiger partial charge in [0, 0.05) is 12.1 Å². The van der Waals surface area contributed by atoms with Crippen molar-refractivity contribution in [2.24, 2.45) is 5.73 Å². The molecule has 0 aliphatic carbocycles. The lowest BCUT2D eigenvalue weighted by Crippen LogP contribution is -2.12. The third kappa shape index (κ3) is 2.86. The zero-order valence-corrected chi connectivity index (χ0v) is 11.6. The Hall–Kier alpha value is -1.46. The van der Waals surface area contributed by atoms with Crippen molar-refractivity contribution >= 4 is 11.3 Å². The topological polar surface area (TPSA) is 61.0 Å². The van der Waals surface area contributed by atoms with Gasteiger partial charge in [0.2, 0.25) is 0 Å². The molecule has 1 aromatic carbocycles. The maximum Gasteiger partial charge on any atom is 0.299 e. The SMILES string of the molecule is CC(C)(C)c1ccccc1Oc1nnc(CN)s1. The normalized spacial score (nSPS) is 11.6. The molecule has 0 saturated carbocycles. The van der Waals surface area contributed by atoms with Crippen molar-refractivity contribution in [2.45, 2.75) is 32.7 Å². The average Bonchev–Trinajstić information content (AvgIpc) is 2.76. The van der Waals surface area contributed by atoms with Crippen LogP contribution in [0.2, 0.25) is 0 Å². The number of aromatic nitrogens is 2. The fourth-order valence-electron chi connectivity index (χ4n) is 1.63. The van der Waals surface area contributed by atoms with Crippen LogP contribution in [0.5, 0.6) is 10.9 Å². The molecule has 0 saturated heterocycles. The van der Waals surface area contributed by atoms with Crippen molar-refractivity contribution in [2.75, 3.05) is 0 Å². The lowest BCUT2D eigenvalue weighted by atomic mass is 9.86. The second kappa shape index (κ2) is 5.04. The van der Waals surface area contributed by atoms with Gasteiger partial charge in [-0.1, -0.05) is 55.4 Å². The molecule has 0 fully saturated rings. The van der Waals surface area contributed by atoms with Crippen LogP contribution in [0.4, 0.5) is 0 Å². The highest BCUT2D eigenvalue weighted by Crippen LogP contribution is 2.34. The standard InChI is InChI=1S/C13H17N3OS/c1-13(2,3)9-6-4-5-7-10(9)17-12-16-15-11(8-14)18-12/h4-7H,8,14H2,1-3H3. The Morgan fingerprint density at radius 3 is 2.56 bits per heavy atom. The fraction of sp³-hybridized carbons (Fsp3) is 0.385. The molecule has 0 aliphatic heterocycles. The van der Waals surface area contributed by atoms with E-state index in [1.807, 2.05) is 18.2 Å². The highest BCUT2D eigenvalue weighted by Gasteiger charge is 2.19. The maximum atomic E-state index is 5.81. The van der Waals surface area contributed by atoms with Gasteiger partial charge in [0.1, 0.15) is 10.8 Å². The minimum absolute atomic E-state index is 0.0258. The zero-order chi connectivity index (χ0) is 13.2. The molecular formula is C13H17N3OS. The van der Waals surface area contributed by atoms with E-state index in [-0.39, 0.29) is 5.41 Å². The van der Waals surface area contributed by atoms with Crippen LogP contribution in [-0.2, 0) is 12.0 Å². The number of hydrogen-bond acceptors (Lipinski definition) is 5. The summed E-state index contributed by atoms with van der Waals surface area (Å²) in [6, 6.07) is 7.98. The van der Waals surface area contributed by atoms with Crippen LogP contribution in [-0.4, -0.2) is 10.2 Å². The van der Waals surface area contributed by atoms with Crippen molar-refractivity contribution < 1.29 is 4.74 Å². The predicted molar refractivity (Wildman–Crippen MR) is 73.0 cm³/mol. The van der Waals surface area contributed by atoms with Crippen LogP contribution in [0.1, 0.15) is 31.3 Å². The summed E-state index contributed by atoms with van der Waals surface area (Å²) in [5.74, 6) is 0.824. The molecule has 0 spiro atoms. The lowest BCUT2D eigenvalue weighted by Gasteiger charge is -2.21. The van der Waals surface area contributed by atoms with Crippen molar-refractivity contribution in [3.63, 3.8) is 0 Å². The molecule has 2 N–H and O–H groups in total. The second-order valence-electron chi connectivity index (χ2n) is 5.01. The molecule has 2 rings (SSSR count). The lowest BCUT2D eigenvalue weighted by molar-refractivity contribution is 0.448. The van der Waals surface area contributed by atoms with E-state index >= 15 is 0 Å². The Bertz CT molecular complexity index is 531. The van der Waals surface area contributed by atoms with Crippen LogP contribution in [0.3, 0.4) is 0 Å². The predicted octanol–water partition coefficient (Wildman–Crippen LogP) is 3.09. The van der Waals surface area contributed by atoms with Crippen LogP contribution < -0.4 is 10.5 Å². The maximum absolute atomic E-state index is 5.81. The van der Waals surface area contributed by atoms with Gasteiger partial charge in [-0.2, -0.15) is 0 Å². The first-order valence-electron chi connectivity index (χ1n) is 5.80. The quantitative estimate of drug-likeness (QED) is 0.924. The Kier molecular flexibility index (Phi) is 3.63. The van der Waals surface area contributed by atoms with E-state index in [0.29, 0.717) is 11.7 Å². The highest BCUT2D eigenvalue weighted by molar-refractivity contribution is 7.13. The molecular weight excluding hydrogens is 246 g/mol. The summed E-state index contributed by atoms with van der Waals surface area (Å²) in [7, 11) is 0. The molecule has 0 amide bonds. The van der Waals surface area contributed by atoms with Gasteiger partial charge >= 0.3 is 0 Å². The van der Waals surface area contributed by atoms with E-state index in [2.05, 4.69) is 37.0 Å². The average molecular weight is 263 g/mol. The van der Waals surface area contributed by atoms with Crippen molar-refractivity contribution in [1.82, 2.24) is 10.2 Å². The minimum atomic E-state index is 0.0258. The molecule has 0 radical (unpaired) electrons. The van der Waals surface area contributed by atoms with Gasteiger partial charge in [0.25, 0.3) is 5.19 Å². The molecule has 0 atom stereocenters. The van der Waals surface area contributed by atoms with Crippen molar-refractivity contribution in [3.05, 3.63) is 34.8 Å². The summed E-state index contributed by atoms with van der Waals surface area (Å²) in [6.45, 7) is 6.85. The Morgan fingerprint density at radius 1 is 1.22 bits per heavy atom. The van der Waals surface area contributed by atoms with Gasteiger partial charge in [0.15, 0.2) is 0 Å². The molecule has 96 valence electrons. The number of nitrogens with zero attached hydrogens (tertiary/aromatic N) is 2. The monoisotopic (exact) mass is 263 g/mol. The van der Waals surface area contributed by atoms with Gasteiger partial charge in [-0.3, -0.25) is 0 Å². The Morgan fingerprint density at radius 2 is 1.94 bits per heavy atom. The Balaban J connectivity index is 2.29. The summed E-state index contributed by atoms with van der Waals surface area (Å²) < 4.78 is 5.81. The molecule has 2 aromatic rings. The van der Waals surface area contributed by atoms with Crippen LogP contribution >= 0.6 is 11.3 Å². The number of rotatable bonds is 3. The highest BCUT2D eigenvalue weighted by atomic mass is 32.1. The van der Waals surface area contributed by atoms with Gasteiger partial charge in [-0.05, 0) is 11.5 Å². The van der Waals surface area contributed by atoms with Gasteiger partial charge in [0.05, 0.1) is 0 Å². The zero-order valence-electron chi connectivity index (χ0n) is 10.8. The smallest absolute Gasteiger partial charge is 0.299 e. The van der Waals surface area contributed by atoms with Crippen LogP contribution in [0, 0.1) is 0 Å². The summed E-state index contributed by atoms with van der Waals surface area (Å²) in [4.78, 5) is 0. The third-order valence-electron chi connectivity index (χ3n) is 2.52. The van der Waals surface area contributed by atoms with E-state index in [9.17, 15) is 0 Å². The van der Waals surface area contributed by atoms with E-state index in [0.717, 1.165) is 16.3 Å². The molecule has 0 unspecified atom stereocenters. The molecule has 18 heavy (non-hydrogen) atoms. The first-order valence-corrected chi connectivity index (χ1v) is 6.62. The number of hydrogen-bond donors (Lipinski definition) is 1. The third-order valence-corrected chi connectivity index (χ3v) is 3.34. The van der Waals surface area contributed by atoms with E-state index in [4.69, 9.17) is 10.5 Å². The van der Waals surface area contributed by atoms with Gasteiger partial charge in [-0.15, -0.1) is 5.10 Å². The molecule has 0 aliphatic rings. The summed E-state index contributed by atoms with van der Waals surface area (Å²) >= 11 is 1.38. The second-order valence-corrected chi connectivity index (χ2v) is 6.04. The van der Waals surface area contributed by atoms with Crippen LogP contribution in [0.25, 0.3) is 0 Å². The van der Waals surface area contributed by atoms with Gasteiger partial charge in [-0.25, -0.2) is 0 Å². The number of ether oxygens (including phenoxy) is 1. The van der Waals surface area contributed by atoms with E-state index in [1.54, 1.807) is 0 Å². The molecule has 1 heterocycles. The fourth-order valence-corrected chi connectivity index (χ4v) is 2.21. The van der Waals surface area contributed by atoms with E-state index in [1.165, 1.54) is 11.3 Å². The molecule has 1 aromatic heterocycles. The van der Waals surface area contributed by atoms with E-state index < -0.39 is 0 Å². The first kappa shape index (κ1) is 13.0. The number of para-hydroxylation sites is 1. The van der Waals surface area contributed by atoms with Crippen LogP contribution in [0.15, 0.2) is 24.3 Å². The summed E-state index contributed by atoms with van der Waals surface area (Å²) in [5.41, 5.74) is 6.68. The number of nitrogens with two attached hydrogens (primary N) is 1. The number of benzene rings is 1. The molecule has 0 bridgehead atoms. The first-order chi connectivity index (χ1) is 8.50. The Labute approximate surface area is 111 Å². The van der Waals surface area contributed by atoms with Crippen molar-refractivity contribution in [1.29, 1.82) is 0 Å². The van der Waals surface area contributed by atoms with Gasteiger partial charge < -0.3 is 10.5 Å². The largest absolute Gasteiger partial charge is 0.429 e. The molecule has 5 heteroatoms. The molecule has 4 nitrogen and oxygen atoms in total. The summed E-state index contributed by atoms with van der Waals surface area (Å²) in [5, 5.41) is 9.22.